The monoisotopic (exact) mass is 337 g/mol. The highest BCUT2D eigenvalue weighted by Gasteiger charge is 2.19. The molecule has 1 saturated heterocycles. The first-order chi connectivity index (χ1) is 10.6. The van der Waals surface area contributed by atoms with Gasteiger partial charge in [0.25, 0.3) is 0 Å². The Kier molecular flexibility index (Phi) is 4.04. The summed E-state index contributed by atoms with van der Waals surface area (Å²) in [5.41, 5.74) is 7.11. The Labute approximate surface area is 137 Å². The average molecular weight is 338 g/mol. The third-order valence-electron chi connectivity index (χ3n) is 3.36. The summed E-state index contributed by atoms with van der Waals surface area (Å²) in [4.78, 5) is 21.9. The maximum Gasteiger partial charge on any atom is 0.239 e. The van der Waals surface area contributed by atoms with Gasteiger partial charge in [-0.1, -0.05) is 35.3 Å². The third-order valence-corrected chi connectivity index (χ3v) is 4.17. The van der Waals surface area contributed by atoms with E-state index >= 15 is 0 Å². The fourth-order valence-corrected chi connectivity index (χ4v) is 2.66. The number of aromatic nitrogens is 2. The van der Waals surface area contributed by atoms with Crippen LogP contribution in [0.4, 0.5) is 11.6 Å². The van der Waals surface area contributed by atoms with Crippen LogP contribution < -0.4 is 16.0 Å². The average Bonchev–Trinajstić information content (AvgIpc) is 2.50. The molecular weight excluding hydrogens is 325 g/mol. The molecule has 22 heavy (non-hydrogen) atoms. The number of piperazine rings is 1. The van der Waals surface area contributed by atoms with E-state index in [9.17, 15) is 4.79 Å². The van der Waals surface area contributed by atoms with Gasteiger partial charge in [0.05, 0.1) is 22.8 Å². The van der Waals surface area contributed by atoms with Crippen molar-refractivity contribution in [3.63, 3.8) is 0 Å². The second-order valence-electron chi connectivity index (χ2n) is 4.83. The Morgan fingerprint density at radius 3 is 2.86 bits per heavy atom. The van der Waals surface area contributed by atoms with E-state index in [1.807, 2.05) is 4.90 Å². The highest BCUT2D eigenvalue weighted by Crippen LogP contribution is 2.34. The first-order valence-corrected chi connectivity index (χ1v) is 7.40. The van der Waals surface area contributed by atoms with Crippen molar-refractivity contribution < 1.29 is 4.79 Å². The predicted octanol–water partition coefficient (Wildman–Crippen LogP) is 1.97. The van der Waals surface area contributed by atoms with Gasteiger partial charge < -0.3 is 16.0 Å². The molecule has 1 aromatic heterocycles. The van der Waals surface area contributed by atoms with Gasteiger partial charge in [0.15, 0.2) is 5.82 Å². The van der Waals surface area contributed by atoms with Crippen LogP contribution in [0.1, 0.15) is 0 Å². The Bertz CT molecular complexity index is 737. The summed E-state index contributed by atoms with van der Waals surface area (Å²) in [6.45, 7) is 1.48. The van der Waals surface area contributed by atoms with Gasteiger partial charge in [-0.3, -0.25) is 4.79 Å². The number of amides is 1. The molecular formula is C14H13Cl2N5O. The van der Waals surface area contributed by atoms with Crippen molar-refractivity contribution in [2.45, 2.75) is 0 Å². The van der Waals surface area contributed by atoms with Crippen LogP contribution in [0.5, 0.6) is 0 Å². The molecule has 1 aliphatic heterocycles. The second kappa shape index (κ2) is 5.98. The van der Waals surface area contributed by atoms with Gasteiger partial charge >= 0.3 is 0 Å². The fraction of sp³-hybridized carbons (Fsp3) is 0.214. The van der Waals surface area contributed by atoms with Crippen molar-refractivity contribution in [2.75, 3.05) is 30.3 Å². The molecule has 114 valence electrons. The quantitative estimate of drug-likeness (QED) is 0.875. The molecule has 2 heterocycles. The zero-order valence-electron chi connectivity index (χ0n) is 11.5. The van der Waals surface area contributed by atoms with Crippen molar-refractivity contribution >= 4 is 40.7 Å². The molecule has 3 N–H and O–H groups in total. The van der Waals surface area contributed by atoms with Gasteiger partial charge in [-0.25, -0.2) is 9.97 Å². The maximum absolute atomic E-state index is 11.4. The summed E-state index contributed by atoms with van der Waals surface area (Å²) < 4.78 is 0. The lowest BCUT2D eigenvalue weighted by molar-refractivity contribution is -0.120. The first-order valence-electron chi connectivity index (χ1n) is 6.65. The number of halogens is 2. The molecule has 0 atom stereocenters. The van der Waals surface area contributed by atoms with E-state index in [0.717, 1.165) is 0 Å². The van der Waals surface area contributed by atoms with Crippen LogP contribution in [0.2, 0.25) is 10.0 Å². The smallest absolute Gasteiger partial charge is 0.239 e. The lowest BCUT2D eigenvalue weighted by atomic mass is 10.1. The zero-order chi connectivity index (χ0) is 15.7. The molecule has 0 bridgehead atoms. The highest BCUT2D eigenvalue weighted by atomic mass is 35.5. The van der Waals surface area contributed by atoms with Crippen molar-refractivity contribution in [1.82, 2.24) is 15.3 Å². The number of carbonyl (C=O) groups is 1. The Hall–Kier alpha value is -2.05. The minimum Gasteiger partial charge on any atom is -0.382 e. The van der Waals surface area contributed by atoms with Gasteiger partial charge in [-0.2, -0.15) is 0 Å². The first kappa shape index (κ1) is 14.9. The zero-order valence-corrected chi connectivity index (χ0v) is 13.0. The number of rotatable bonds is 2. The van der Waals surface area contributed by atoms with Crippen molar-refractivity contribution in [3.05, 3.63) is 34.4 Å². The van der Waals surface area contributed by atoms with Crippen LogP contribution in [0.25, 0.3) is 11.3 Å². The number of nitrogens with one attached hydrogen (secondary N) is 1. The maximum atomic E-state index is 11.4. The Morgan fingerprint density at radius 2 is 2.14 bits per heavy atom. The standard InChI is InChI=1S/C14H13Cl2N5O/c15-9-3-1-2-8(12(9)16)13-14(17)20-10(6-19-13)21-5-4-18-11(22)7-21/h1-3,6H,4-5,7H2,(H2,17,20)(H,18,22). The van der Waals surface area contributed by atoms with Crippen LogP contribution in [0, 0.1) is 0 Å². The number of anilines is 2. The summed E-state index contributed by atoms with van der Waals surface area (Å²) in [5.74, 6) is 0.760. The summed E-state index contributed by atoms with van der Waals surface area (Å²) in [6.07, 6.45) is 1.58. The van der Waals surface area contributed by atoms with E-state index in [-0.39, 0.29) is 18.3 Å². The molecule has 1 aromatic carbocycles. The van der Waals surface area contributed by atoms with Crippen molar-refractivity contribution in [3.8, 4) is 11.3 Å². The van der Waals surface area contributed by atoms with Crippen LogP contribution in [0.3, 0.4) is 0 Å². The minimum atomic E-state index is -0.0476. The van der Waals surface area contributed by atoms with E-state index in [4.69, 9.17) is 28.9 Å². The molecule has 8 heteroatoms. The number of carbonyl (C=O) groups excluding carboxylic acids is 1. The molecule has 1 amide bonds. The van der Waals surface area contributed by atoms with Gasteiger partial charge in [-0.05, 0) is 6.07 Å². The van der Waals surface area contributed by atoms with Gasteiger partial charge in [-0.15, -0.1) is 0 Å². The van der Waals surface area contributed by atoms with E-state index < -0.39 is 0 Å². The fourth-order valence-electron chi connectivity index (χ4n) is 2.27. The molecule has 1 fully saturated rings. The Balaban J connectivity index is 1.95. The largest absolute Gasteiger partial charge is 0.382 e. The predicted molar refractivity (Wildman–Crippen MR) is 87.1 cm³/mol. The molecule has 0 spiro atoms. The van der Waals surface area contributed by atoms with Crippen LogP contribution in [-0.2, 0) is 4.79 Å². The van der Waals surface area contributed by atoms with Gasteiger partial charge in [0.1, 0.15) is 11.5 Å². The van der Waals surface area contributed by atoms with E-state index in [0.29, 0.717) is 40.2 Å². The molecule has 0 unspecified atom stereocenters. The summed E-state index contributed by atoms with van der Waals surface area (Å²) in [5, 5.41) is 3.57. The molecule has 1 aliphatic rings. The molecule has 6 nitrogen and oxygen atoms in total. The third kappa shape index (κ3) is 2.80. The van der Waals surface area contributed by atoms with Gasteiger partial charge in [0, 0.05) is 18.7 Å². The molecule has 0 aliphatic carbocycles. The highest BCUT2D eigenvalue weighted by molar-refractivity contribution is 6.43. The lowest BCUT2D eigenvalue weighted by Gasteiger charge is -2.27. The summed E-state index contributed by atoms with van der Waals surface area (Å²) in [6, 6.07) is 5.24. The number of nitrogens with zero attached hydrogens (tertiary/aromatic N) is 3. The number of benzene rings is 1. The van der Waals surface area contributed by atoms with Crippen LogP contribution >= 0.6 is 23.2 Å². The molecule has 2 aromatic rings. The number of hydrogen-bond acceptors (Lipinski definition) is 5. The van der Waals surface area contributed by atoms with Crippen molar-refractivity contribution in [2.24, 2.45) is 0 Å². The van der Waals surface area contributed by atoms with Gasteiger partial charge in [0.2, 0.25) is 5.91 Å². The lowest BCUT2D eigenvalue weighted by Crippen LogP contribution is -2.48. The normalized spacial score (nSPS) is 14.8. The van der Waals surface area contributed by atoms with E-state index in [1.54, 1.807) is 24.4 Å². The number of nitrogen functional groups attached to an aromatic ring is 1. The van der Waals surface area contributed by atoms with Crippen molar-refractivity contribution in [1.29, 1.82) is 0 Å². The SMILES string of the molecule is Nc1nc(N2CCNC(=O)C2)cnc1-c1cccc(Cl)c1Cl. The molecule has 0 radical (unpaired) electrons. The summed E-state index contributed by atoms with van der Waals surface area (Å²) >= 11 is 12.2. The Morgan fingerprint density at radius 1 is 1.32 bits per heavy atom. The van der Waals surface area contributed by atoms with E-state index in [1.165, 1.54) is 0 Å². The van der Waals surface area contributed by atoms with Crippen LogP contribution in [0.15, 0.2) is 24.4 Å². The summed E-state index contributed by atoms with van der Waals surface area (Å²) in [7, 11) is 0. The molecule has 0 saturated carbocycles. The van der Waals surface area contributed by atoms with Crippen LogP contribution in [-0.4, -0.2) is 35.5 Å². The number of hydrogen-bond donors (Lipinski definition) is 2. The second-order valence-corrected chi connectivity index (χ2v) is 5.62. The number of nitrogens with two attached hydrogens (primary N) is 1. The van der Waals surface area contributed by atoms with E-state index in [2.05, 4.69) is 15.3 Å². The minimum absolute atomic E-state index is 0.0476. The molecule has 3 rings (SSSR count). The topological polar surface area (TPSA) is 84.1 Å².